The van der Waals surface area contributed by atoms with E-state index in [4.69, 9.17) is 14.5 Å². The van der Waals surface area contributed by atoms with Gasteiger partial charge in [-0.2, -0.15) is 4.98 Å². The smallest absolute Gasteiger partial charge is 0.410 e. The van der Waals surface area contributed by atoms with Crippen molar-refractivity contribution in [1.82, 2.24) is 29.3 Å². The fraction of sp³-hybridized carbons (Fsp3) is 0.581. The highest BCUT2D eigenvalue weighted by Gasteiger charge is 2.28. The minimum Gasteiger partial charge on any atom is -0.492 e. The van der Waals surface area contributed by atoms with Crippen LogP contribution < -0.4 is 10.1 Å². The van der Waals surface area contributed by atoms with E-state index in [1.807, 2.05) is 39.0 Å². The van der Waals surface area contributed by atoms with Crippen LogP contribution in [0.1, 0.15) is 82.2 Å². The van der Waals surface area contributed by atoms with Gasteiger partial charge in [0.05, 0.1) is 12.8 Å². The third-order valence-electron chi connectivity index (χ3n) is 7.93. The number of anilines is 2. The minimum atomic E-state index is -0.472. The van der Waals surface area contributed by atoms with Crippen molar-refractivity contribution in [2.75, 3.05) is 39.1 Å². The molecule has 11 nitrogen and oxygen atoms in total. The van der Waals surface area contributed by atoms with Crippen LogP contribution in [0.15, 0.2) is 30.6 Å². The Morgan fingerprint density at radius 1 is 1.05 bits per heavy atom. The fourth-order valence-electron chi connectivity index (χ4n) is 5.72. The molecule has 3 aromatic rings. The Morgan fingerprint density at radius 2 is 1.79 bits per heavy atom. The maximum Gasteiger partial charge on any atom is 0.410 e. The van der Waals surface area contributed by atoms with Gasteiger partial charge in [-0.15, -0.1) is 0 Å². The van der Waals surface area contributed by atoms with Gasteiger partial charge in [0.2, 0.25) is 5.95 Å². The van der Waals surface area contributed by atoms with Crippen molar-refractivity contribution < 1.29 is 19.1 Å². The fourth-order valence-corrected chi connectivity index (χ4v) is 5.72. The highest BCUT2D eigenvalue weighted by Crippen LogP contribution is 2.35. The van der Waals surface area contributed by atoms with Crippen molar-refractivity contribution in [2.24, 2.45) is 5.92 Å². The van der Waals surface area contributed by atoms with Gasteiger partial charge >= 0.3 is 6.09 Å². The molecular formula is C31H43N7O4. The molecule has 1 saturated carbocycles. The van der Waals surface area contributed by atoms with E-state index in [1.54, 1.807) is 36.3 Å². The Kier molecular flexibility index (Phi) is 8.84. The van der Waals surface area contributed by atoms with E-state index >= 15 is 0 Å². The molecule has 2 fully saturated rings. The van der Waals surface area contributed by atoms with Gasteiger partial charge in [-0.1, -0.05) is 12.8 Å². The molecule has 1 saturated heterocycles. The predicted molar refractivity (Wildman–Crippen MR) is 161 cm³/mol. The average molecular weight is 578 g/mol. The lowest BCUT2D eigenvalue weighted by Gasteiger charge is -2.33. The summed E-state index contributed by atoms with van der Waals surface area (Å²) in [5, 5.41) is 4.05. The molecule has 0 spiro atoms. The molecule has 5 rings (SSSR count). The highest BCUT2D eigenvalue weighted by atomic mass is 16.6. The first-order valence-electron chi connectivity index (χ1n) is 15.0. The lowest BCUT2D eigenvalue weighted by atomic mass is 9.94. The van der Waals surface area contributed by atoms with E-state index in [-0.39, 0.29) is 18.0 Å². The number of carbonyl (C=O) groups is 2. The van der Waals surface area contributed by atoms with Gasteiger partial charge in [0.1, 0.15) is 28.5 Å². The zero-order chi connectivity index (χ0) is 29.9. The van der Waals surface area contributed by atoms with Gasteiger partial charge in [0.25, 0.3) is 5.91 Å². The highest BCUT2D eigenvalue weighted by molar-refractivity contribution is 5.97. The summed E-state index contributed by atoms with van der Waals surface area (Å²) < 4.78 is 13.6. The van der Waals surface area contributed by atoms with E-state index in [1.165, 1.54) is 0 Å². The van der Waals surface area contributed by atoms with Crippen LogP contribution in [-0.2, 0) is 4.74 Å². The van der Waals surface area contributed by atoms with E-state index in [9.17, 15) is 9.59 Å². The second-order valence-corrected chi connectivity index (χ2v) is 12.6. The van der Waals surface area contributed by atoms with Crippen molar-refractivity contribution >= 4 is 34.8 Å². The molecule has 11 heteroatoms. The van der Waals surface area contributed by atoms with Crippen molar-refractivity contribution in [3.8, 4) is 5.75 Å². The van der Waals surface area contributed by atoms with Gasteiger partial charge in [0, 0.05) is 44.8 Å². The number of carbonyl (C=O) groups excluding carboxylic acids is 2. The average Bonchev–Trinajstić information content (AvgIpc) is 3.61. The third-order valence-corrected chi connectivity index (χ3v) is 7.93. The van der Waals surface area contributed by atoms with Gasteiger partial charge in [0.15, 0.2) is 0 Å². The molecular weight excluding hydrogens is 534 g/mol. The summed E-state index contributed by atoms with van der Waals surface area (Å²) in [7, 11) is 3.54. The molecule has 3 aromatic heterocycles. The third kappa shape index (κ3) is 7.11. The number of aromatic nitrogens is 4. The standard InChI is InChI=1S/C31H43N7O4/c1-31(2,3)42-30(40)37-15-12-21(13-16-37)14-17-41-24-10-11-26(32-20-24)34-29-33-19-22-18-25(28(39)36(4)5)38(27(22)35-29)23-8-6-7-9-23/h10-11,18-21,23H,6-9,12-17H2,1-5H3,(H,32,33,34,35). The van der Waals surface area contributed by atoms with Gasteiger partial charge < -0.3 is 29.2 Å². The van der Waals surface area contributed by atoms with Crippen LogP contribution in [0.4, 0.5) is 16.6 Å². The number of pyridine rings is 1. The predicted octanol–water partition coefficient (Wildman–Crippen LogP) is 5.80. The Bertz CT molecular complexity index is 1380. The molecule has 226 valence electrons. The van der Waals surface area contributed by atoms with Crippen LogP contribution in [-0.4, -0.2) is 80.7 Å². The molecule has 0 bridgehead atoms. The zero-order valence-corrected chi connectivity index (χ0v) is 25.4. The van der Waals surface area contributed by atoms with Crippen molar-refractivity contribution in [3.63, 3.8) is 0 Å². The number of fused-ring (bicyclic) bond motifs is 1. The van der Waals surface area contributed by atoms with E-state index in [0.29, 0.717) is 48.8 Å². The maximum absolute atomic E-state index is 12.9. The number of likely N-dealkylation sites (tertiary alicyclic amines) is 1. The first-order valence-corrected chi connectivity index (χ1v) is 15.0. The SMILES string of the molecule is CN(C)C(=O)c1cc2cnc(Nc3ccc(OCCC4CCN(C(=O)OC(C)(C)C)CC4)cn3)nc2n1C1CCCC1. The normalized spacial score (nSPS) is 16.5. The first-order chi connectivity index (χ1) is 20.1. The van der Waals surface area contributed by atoms with Crippen LogP contribution in [0.2, 0.25) is 0 Å². The van der Waals surface area contributed by atoms with Crippen LogP contribution in [0.3, 0.4) is 0 Å². The largest absolute Gasteiger partial charge is 0.492 e. The molecule has 2 aliphatic rings. The maximum atomic E-state index is 12.9. The molecule has 4 heterocycles. The van der Waals surface area contributed by atoms with E-state index in [0.717, 1.165) is 56.0 Å². The van der Waals surface area contributed by atoms with Gasteiger partial charge in [-0.3, -0.25) is 4.79 Å². The topological polar surface area (TPSA) is 115 Å². The molecule has 0 radical (unpaired) electrons. The first kappa shape index (κ1) is 29.6. The van der Waals surface area contributed by atoms with Gasteiger partial charge in [-0.05, 0) is 77.0 Å². The molecule has 1 aliphatic heterocycles. The molecule has 1 N–H and O–H groups in total. The lowest BCUT2D eigenvalue weighted by molar-refractivity contribution is 0.0177. The number of amides is 2. The van der Waals surface area contributed by atoms with Crippen LogP contribution in [0.25, 0.3) is 11.0 Å². The molecule has 1 aliphatic carbocycles. The summed E-state index contributed by atoms with van der Waals surface area (Å²) in [6, 6.07) is 5.89. The van der Waals surface area contributed by atoms with Crippen molar-refractivity contribution in [2.45, 2.75) is 77.4 Å². The quantitative estimate of drug-likeness (QED) is 0.357. The molecule has 42 heavy (non-hydrogen) atoms. The van der Waals surface area contributed by atoms with Crippen molar-refractivity contribution in [3.05, 3.63) is 36.3 Å². The summed E-state index contributed by atoms with van der Waals surface area (Å²) >= 11 is 0. The number of nitrogens with zero attached hydrogens (tertiary/aromatic N) is 6. The molecule has 0 atom stereocenters. The Hall–Kier alpha value is -3.89. The summed E-state index contributed by atoms with van der Waals surface area (Å²) in [5.74, 6) is 2.23. The number of nitrogens with one attached hydrogen (secondary N) is 1. The van der Waals surface area contributed by atoms with E-state index in [2.05, 4.69) is 19.9 Å². The summed E-state index contributed by atoms with van der Waals surface area (Å²) in [4.78, 5) is 42.4. The Labute approximate surface area is 247 Å². The number of hydrogen-bond donors (Lipinski definition) is 1. The van der Waals surface area contributed by atoms with Crippen LogP contribution in [0.5, 0.6) is 5.75 Å². The lowest BCUT2D eigenvalue weighted by Crippen LogP contribution is -2.41. The zero-order valence-electron chi connectivity index (χ0n) is 25.4. The molecule has 2 amide bonds. The number of rotatable bonds is 8. The number of ether oxygens (including phenoxy) is 2. The Balaban J connectivity index is 1.15. The second-order valence-electron chi connectivity index (χ2n) is 12.6. The number of piperidine rings is 1. The summed E-state index contributed by atoms with van der Waals surface area (Å²) in [6.07, 6.45) is 10.4. The Morgan fingerprint density at radius 3 is 2.43 bits per heavy atom. The van der Waals surface area contributed by atoms with Gasteiger partial charge in [-0.25, -0.2) is 14.8 Å². The number of hydrogen-bond acceptors (Lipinski definition) is 8. The van der Waals surface area contributed by atoms with Crippen LogP contribution in [0, 0.1) is 5.92 Å². The summed E-state index contributed by atoms with van der Waals surface area (Å²) in [6.45, 7) is 7.70. The second kappa shape index (κ2) is 12.5. The monoisotopic (exact) mass is 577 g/mol. The van der Waals surface area contributed by atoms with E-state index < -0.39 is 5.60 Å². The molecule has 0 unspecified atom stereocenters. The van der Waals surface area contributed by atoms with Crippen molar-refractivity contribution in [1.29, 1.82) is 0 Å². The summed E-state index contributed by atoms with van der Waals surface area (Å²) in [5.41, 5.74) is 0.947. The molecule has 0 aromatic carbocycles. The minimum absolute atomic E-state index is 0.0297. The van der Waals surface area contributed by atoms with Crippen LogP contribution >= 0.6 is 0 Å².